The van der Waals surface area contributed by atoms with Gasteiger partial charge in [-0.1, -0.05) is 33.6 Å². The van der Waals surface area contributed by atoms with E-state index < -0.39 is 6.04 Å². The first-order valence-corrected chi connectivity index (χ1v) is 6.87. The highest BCUT2D eigenvalue weighted by molar-refractivity contribution is 9.10. The van der Waals surface area contributed by atoms with E-state index in [1.165, 1.54) is 6.07 Å². The number of rotatable bonds is 3. The maximum Gasteiger partial charge on any atom is 0.128 e. The third kappa shape index (κ3) is 3.15. The standard InChI is InChI=1S/C14H13BrClFN2/c1-8-2-4-10(16)7-11(8)14(19-18)12-6-9(15)3-5-13(12)17/h2-7,14,19H,18H2,1H3. The predicted octanol–water partition coefficient (Wildman–Crippen LogP) is 4.10. The van der Waals surface area contributed by atoms with Crippen molar-refractivity contribution in [1.29, 1.82) is 0 Å². The van der Waals surface area contributed by atoms with Gasteiger partial charge in [-0.3, -0.25) is 5.84 Å². The van der Waals surface area contributed by atoms with Crippen LogP contribution in [0.3, 0.4) is 0 Å². The van der Waals surface area contributed by atoms with E-state index in [0.717, 1.165) is 15.6 Å². The Hall–Kier alpha value is -0.940. The Morgan fingerprint density at radius 3 is 2.63 bits per heavy atom. The fourth-order valence-corrected chi connectivity index (χ4v) is 2.56. The van der Waals surface area contributed by atoms with Crippen LogP contribution in [0.2, 0.25) is 5.02 Å². The molecule has 0 spiro atoms. The molecule has 2 aromatic carbocycles. The molecule has 100 valence electrons. The third-order valence-corrected chi connectivity index (χ3v) is 3.72. The molecule has 0 amide bonds. The number of nitrogens with two attached hydrogens (primary N) is 1. The molecule has 0 aliphatic carbocycles. The molecule has 0 radical (unpaired) electrons. The number of hydrogen-bond acceptors (Lipinski definition) is 2. The highest BCUT2D eigenvalue weighted by Gasteiger charge is 2.19. The second-order valence-electron chi connectivity index (χ2n) is 4.27. The first kappa shape index (κ1) is 14.5. The van der Waals surface area contributed by atoms with E-state index in [4.69, 9.17) is 17.4 Å². The Balaban J connectivity index is 2.55. The van der Waals surface area contributed by atoms with Crippen LogP contribution in [0.4, 0.5) is 4.39 Å². The maximum absolute atomic E-state index is 14.0. The molecule has 0 aliphatic heterocycles. The van der Waals surface area contributed by atoms with Crippen LogP contribution in [-0.2, 0) is 0 Å². The lowest BCUT2D eigenvalue weighted by Gasteiger charge is -2.20. The van der Waals surface area contributed by atoms with Crippen LogP contribution in [0.25, 0.3) is 0 Å². The zero-order valence-electron chi connectivity index (χ0n) is 10.3. The summed E-state index contributed by atoms with van der Waals surface area (Å²) in [7, 11) is 0. The average Bonchev–Trinajstić information content (AvgIpc) is 2.38. The minimum atomic E-state index is -0.448. The number of hydrazine groups is 1. The zero-order valence-corrected chi connectivity index (χ0v) is 12.6. The summed E-state index contributed by atoms with van der Waals surface area (Å²) >= 11 is 9.34. The van der Waals surface area contributed by atoms with Crippen LogP contribution in [0, 0.1) is 12.7 Å². The van der Waals surface area contributed by atoms with Crippen molar-refractivity contribution in [3.63, 3.8) is 0 Å². The number of benzene rings is 2. The Morgan fingerprint density at radius 1 is 1.21 bits per heavy atom. The van der Waals surface area contributed by atoms with Gasteiger partial charge >= 0.3 is 0 Å². The SMILES string of the molecule is Cc1ccc(Cl)cc1C(NN)c1cc(Br)ccc1F. The van der Waals surface area contributed by atoms with Crippen molar-refractivity contribution in [3.05, 3.63) is 68.4 Å². The molecular weight excluding hydrogens is 331 g/mol. The molecule has 0 saturated carbocycles. The van der Waals surface area contributed by atoms with Gasteiger partial charge in [0, 0.05) is 15.1 Å². The van der Waals surface area contributed by atoms with E-state index in [9.17, 15) is 4.39 Å². The lowest BCUT2D eigenvalue weighted by atomic mass is 9.95. The minimum absolute atomic E-state index is 0.314. The van der Waals surface area contributed by atoms with E-state index >= 15 is 0 Å². The van der Waals surface area contributed by atoms with Crippen LogP contribution in [-0.4, -0.2) is 0 Å². The molecule has 3 N–H and O–H groups in total. The minimum Gasteiger partial charge on any atom is -0.271 e. The molecule has 1 atom stereocenters. The van der Waals surface area contributed by atoms with Crippen LogP contribution < -0.4 is 11.3 Å². The lowest BCUT2D eigenvalue weighted by molar-refractivity contribution is 0.558. The molecular formula is C14H13BrClFN2. The monoisotopic (exact) mass is 342 g/mol. The molecule has 0 aliphatic rings. The summed E-state index contributed by atoms with van der Waals surface area (Å²) in [5.74, 6) is 5.29. The van der Waals surface area contributed by atoms with E-state index in [-0.39, 0.29) is 5.82 Å². The van der Waals surface area contributed by atoms with E-state index in [1.54, 1.807) is 24.3 Å². The molecule has 5 heteroatoms. The Labute approximate surface area is 124 Å². The number of aryl methyl sites for hydroxylation is 1. The average molecular weight is 344 g/mol. The molecule has 0 bridgehead atoms. The second kappa shape index (κ2) is 6.01. The highest BCUT2D eigenvalue weighted by atomic mass is 79.9. The lowest BCUT2D eigenvalue weighted by Crippen LogP contribution is -2.30. The molecule has 0 heterocycles. The Morgan fingerprint density at radius 2 is 1.95 bits per heavy atom. The van der Waals surface area contributed by atoms with E-state index in [1.807, 2.05) is 13.0 Å². The van der Waals surface area contributed by atoms with Crippen molar-refractivity contribution < 1.29 is 4.39 Å². The third-order valence-electron chi connectivity index (χ3n) is 2.99. The van der Waals surface area contributed by atoms with Crippen LogP contribution in [0.15, 0.2) is 40.9 Å². The van der Waals surface area contributed by atoms with Gasteiger partial charge in [-0.2, -0.15) is 0 Å². The fourth-order valence-electron chi connectivity index (χ4n) is 2.01. The second-order valence-corrected chi connectivity index (χ2v) is 5.62. The van der Waals surface area contributed by atoms with Gasteiger partial charge in [-0.25, -0.2) is 9.82 Å². The maximum atomic E-state index is 14.0. The summed E-state index contributed by atoms with van der Waals surface area (Å²) in [4.78, 5) is 0. The smallest absolute Gasteiger partial charge is 0.128 e. The van der Waals surface area contributed by atoms with E-state index in [0.29, 0.717) is 10.6 Å². The molecule has 0 saturated heterocycles. The van der Waals surface area contributed by atoms with Gasteiger partial charge < -0.3 is 0 Å². The summed E-state index contributed by atoms with van der Waals surface area (Å²) in [5.41, 5.74) is 4.97. The summed E-state index contributed by atoms with van der Waals surface area (Å²) < 4.78 is 14.8. The van der Waals surface area contributed by atoms with E-state index in [2.05, 4.69) is 21.4 Å². The Bertz CT molecular complexity index is 552. The van der Waals surface area contributed by atoms with Gasteiger partial charge in [0.05, 0.1) is 6.04 Å². The molecule has 0 aromatic heterocycles. The molecule has 2 aromatic rings. The predicted molar refractivity (Wildman–Crippen MR) is 79.5 cm³/mol. The number of nitrogens with one attached hydrogen (secondary N) is 1. The normalized spacial score (nSPS) is 12.5. The summed E-state index contributed by atoms with van der Waals surface area (Å²) in [6, 6.07) is 9.79. The molecule has 2 rings (SSSR count). The van der Waals surface area contributed by atoms with Crippen molar-refractivity contribution in [2.24, 2.45) is 5.84 Å². The van der Waals surface area contributed by atoms with Crippen molar-refractivity contribution >= 4 is 27.5 Å². The topological polar surface area (TPSA) is 38.0 Å². The van der Waals surface area contributed by atoms with Gasteiger partial charge in [0.2, 0.25) is 0 Å². The van der Waals surface area contributed by atoms with Gasteiger partial charge in [-0.15, -0.1) is 0 Å². The quantitative estimate of drug-likeness (QED) is 0.650. The highest BCUT2D eigenvalue weighted by Crippen LogP contribution is 2.30. The molecule has 0 fully saturated rings. The van der Waals surface area contributed by atoms with Crippen LogP contribution >= 0.6 is 27.5 Å². The summed E-state index contributed by atoms with van der Waals surface area (Å²) in [6.07, 6.45) is 0. The van der Waals surface area contributed by atoms with Gasteiger partial charge in [0.15, 0.2) is 0 Å². The zero-order chi connectivity index (χ0) is 14.0. The van der Waals surface area contributed by atoms with Crippen LogP contribution in [0.5, 0.6) is 0 Å². The first-order chi connectivity index (χ1) is 9.02. The van der Waals surface area contributed by atoms with Gasteiger partial charge in [0.1, 0.15) is 5.82 Å². The van der Waals surface area contributed by atoms with Crippen LogP contribution in [0.1, 0.15) is 22.7 Å². The number of halogens is 3. The van der Waals surface area contributed by atoms with Crippen molar-refractivity contribution in [2.45, 2.75) is 13.0 Å². The Kier molecular flexibility index (Phi) is 4.58. The van der Waals surface area contributed by atoms with Crippen molar-refractivity contribution in [2.75, 3.05) is 0 Å². The first-order valence-electron chi connectivity index (χ1n) is 5.70. The fraction of sp³-hybridized carbons (Fsp3) is 0.143. The molecule has 1 unspecified atom stereocenters. The summed E-state index contributed by atoms with van der Waals surface area (Å²) in [6.45, 7) is 1.94. The number of hydrogen-bond donors (Lipinski definition) is 2. The van der Waals surface area contributed by atoms with Gasteiger partial charge in [0.25, 0.3) is 0 Å². The molecule has 19 heavy (non-hydrogen) atoms. The van der Waals surface area contributed by atoms with Gasteiger partial charge in [-0.05, 0) is 48.4 Å². The van der Waals surface area contributed by atoms with Crippen molar-refractivity contribution in [3.8, 4) is 0 Å². The van der Waals surface area contributed by atoms with Crippen molar-refractivity contribution in [1.82, 2.24) is 5.43 Å². The molecule has 2 nitrogen and oxygen atoms in total. The summed E-state index contributed by atoms with van der Waals surface area (Å²) in [5, 5.41) is 0.594. The largest absolute Gasteiger partial charge is 0.271 e.